The molecule has 27 heavy (non-hydrogen) atoms. The highest BCUT2D eigenvalue weighted by atomic mass is 79.9. The second-order valence-corrected chi connectivity index (χ2v) is 8.26. The van der Waals surface area contributed by atoms with Crippen LogP contribution in [-0.4, -0.2) is 14.9 Å². The second kappa shape index (κ2) is 8.80. The number of thiocarbonyl (C=S) groups is 1. The molecule has 1 heterocycles. The molecule has 9 heteroatoms. The van der Waals surface area contributed by atoms with E-state index in [2.05, 4.69) is 31.7 Å². The van der Waals surface area contributed by atoms with Gasteiger partial charge in [0, 0.05) is 27.0 Å². The van der Waals surface area contributed by atoms with Gasteiger partial charge in [0.1, 0.15) is 0 Å². The van der Waals surface area contributed by atoms with Gasteiger partial charge in [-0.2, -0.15) is 5.10 Å². The molecule has 0 aliphatic carbocycles. The minimum atomic E-state index is 0.413. The Bertz CT molecular complexity index is 1010. The van der Waals surface area contributed by atoms with E-state index in [1.807, 2.05) is 37.4 Å². The number of hydrogen-bond donors (Lipinski definition) is 2. The molecule has 0 amide bonds. The summed E-state index contributed by atoms with van der Waals surface area (Å²) in [5, 5.41) is 13.0. The number of benzene rings is 2. The summed E-state index contributed by atoms with van der Waals surface area (Å²) in [6.07, 6.45) is 1.85. The smallest absolute Gasteiger partial charge is 0.176 e. The van der Waals surface area contributed by atoms with E-state index in [1.54, 1.807) is 16.8 Å². The van der Waals surface area contributed by atoms with Crippen molar-refractivity contribution in [2.75, 3.05) is 10.6 Å². The van der Waals surface area contributed by atoms with Gasteiger partial charge in [0.25, 0.3) is 0 Å². The number of nitrogens with one attached hydrogen (secondary N) is 2. The molecular formula is C18H14BrCl3N4S. The van der Waals surface area contributed by atoms with Crippen LogP contribution in [0.15, 0.2) is 47.1 Å². The van der Waals surface area contributed by atoms with Gasteiger partial charge in [0.05, 0.1) is 11.0 Å². The Morgan fingerprint density at radius 1 is 1.15 bits per heavy atom. The van der Waals surface area contributed by atoms with E-state index in [9.17, 15) is 0 Å². The first kappa shape index (κ1) is 20.4. The molecule has 0 atom stereocenters. The molecule has 0 fully saturated rings. The maximum atomic E-state index is 6.23. The summed E-state index contributed by atoms with van der Waals surface area (Å²) in [4.78, 5) is 0. The number of halogens is 4. The molecule has 4 nitrogen and oxygen atoms in total. The lowest BCUT2D eigenvalue weighted by Crippen LogP contribution is -2.20. The largest absolute Gasteiger partial charge is 0.332 e. The van der Waals surface area contributed by atoms with Crippen molar-refractivity contribution in [3.63, 3.8) is 0 Å². The van der Waals surface area contributed by atoms with Crippen LogP contribution < -0.4 is 10.6 Å². The average Bonchev–Trinajstić information content (AvgIpc) is 2.94. The molecule has 2 N–H and O–H groups in total. The molecule has 3 aromatic rings. The first-order valence-electron chi connectivity index (χ1n) is 7.83. The fraction of sp³-hybridized carbons (Fsp3) is 0.111. The number of rotatable bonds is 4. The first-order valence-corrected chi connectivity index (χ1v) is 10.2. The Hall–Kier alpha value is -1.31. The normalized spacial score (nSPS) is 10.7. The molecule has 0 aliphatic rings. The van der Waals surface area contributed by atoms with Crippen LogP contribution in [0.5, 0.6) is 0 Å². The van der Waals surface area contributed by atoms with Crippen molar-refractivity contribution in [2.24, 2.45) is 0 Å². The highest BCUT2D eigenvalue weighted by Crippen LogP contribution is 2.26. The predicted octanol–water partition coefficient (Wildman–Crippen LogP) is 6.77. The maximum absolute atomic E-state index is 6.23. The Labute approximate surface area is 185 Å². The van der Waals surface area contributed by atoms with Gasteiger partial charge in [-0.1, -0.05) is 46.9 Å². The summed E-state index contributed by atoms with van der Waals surface area (Å²) in [6.45, 7) is 2.43. The lowest BCUT2D eigenvalue weighted by Gasteiger charge is -2.12. The van der Waals surface area contributed by atoms with Crippen LogP contribution in [0.3, 0.4) is 0 Å². The summed E-state index contributed by atoms with van der Waals surface area (Å²) >= 11 is 27.2. The maximum Gasteiger partial charge on any atom is 0.176 e. The molecule has 0 bridgehead atoms. The predicted molar refractivity (Wildman–Crippen MR) is 122 cm³/mol. The molecular weight excluding hydrogens is 491 g/mol. The third-order valence-corrected chi connectivity index (χ3v) is 5.59. The molecule has 0 aliphatic heterocycles. The quantitative estimate of drug-likeness (QED) is 0.385. The van der Waals surface area contributed by atoms with Crippen LogP contribution in [0.2, 0.25) is 15.1 Å². The Morgan fingerprint density at radius 3 is 2.67 bits per heavy atom. The van der Waals surface area contributed by atoms with Crippen molar-refractivity contribution in [1.82, 2.24) is 9.78 Å². The second-order valence-electron chi connectivity index (χ2n) is 5.75. The zero-order valence-electron chi connectivity index (χ0n) is 14.1. The highest BCUT2D eigenvalue weighted by molar-refractivity contribution is 9.10. The summed E-state index contributed by atoms with van der Waals surface area (Å²) in [5.74, 6) is 0.595. The van der Waals surface area contributed by atoms with Gasteiger partial charge in [-0.15, -0.1) is 0 Å². The van der Waals surface area contributed by atoms with Gasteiger partial charge in [0.2, 0.25) is 0 Å². The minimum absolute atomic E-state index is 0.413. The number of anilines is 2. The monoisotopic (exact) mass is 502 g/mol. The van der Waals surface area contributed by atoms with E-state index >= 15 is 0 Å². The summed E-state index contributed by atoms with van der Waals surface area (Å²) in [6, 6.07) is 11.0. The lowest BCUT2D eigenvalue weighted by molar-refractivity contribution is 0.690. The van der Waals surface area contributed by atoms with E-state index in [0.29, 0.717) is 32.5 Å². The number of hydrogen-bond acceptors (Lipinski definition) is 2. The summed E-state index contributed by atoms with van der Waals surface area (Å²) < 4.78 is 2.54. The van der Waals surface area contributed by atoms with Crippen molar-refractivity contribution in [2.45, 2.75) is 13.5 Å². The molecule has 140 valence electrons. The minimum Gasteiger partial charge on any atom is -0.332 e. The Morgan fingerprint density at radius 2 is 1.93 bits per heavy atom. The number of aromatic nitrogens is 2. The average molecular weight is 505 g/mol. The Balaban J connectivity index is 1.71. The topological polar surface area (TPSA) is 41.9 Å². The van der Waals surface area contributed by atoms with Gasteiger partial charge in [-0.3, -0.25) is 4.68 Å². The van der Waals surface area contributed by atoms with Gasteiger partial charge in [0.15, 0.2) is 10.9 Å². The van der Waals surface area contributed by atoms with Crippen LogP contribution in [0.25, 0.3) is 0 Å². The molecule has 3 rings (SSSR count). The molecule has 2 aromatic carbocycles. The van der Waals surface area contributed by atoms with Crippen LogP contribution >= 0.6 is 63.0 Å². The standard InChI is InChI=1S/C18H14BrCl3N4S/c1-10-14(21)3-2-4-16(10)23-18(27)24-17-13(19)9-26(25-17)8-11-5-6-12(20)7-15(11)22/h2-7,9H,8H2,1H3,(H2,23,24,25,27). The lowest BCUT2D eigenvalue weighted by atomic mass is 10.2. The van der Waals surface area contributed by atoms with Gasteiger partial charge in [-0.25, -0.2) is 0 Å². The van der Waals surface area contributed by atoms with Crippen LogP contribution in [0, 0.1) is 6.92 Å². The fourth-order valence-corrected chi connectivity index (χ4v) is 3.66. The van der Waals surface area contributed by atoms with Crippen molar-refractivity contribution in [3.8, 4) is 0 Å². The van der Waals surface area contributed by atoms with E-state index in [-0.39, 0.29) is 0 Å². The van der Waals surface area contributed by atoms with Gasteiger partial charge in [-0.05, 0) is 70.5 Å². The van der Waals surface area contributed by atoms with Crippen molar-refractivity contribution < 1.29 is 0 Å². The SMILES string of the molecule is Cc1c(Cl)cccc1NC(=S)Nc1nn(Cc2ccc(Cl)cc2Cl)cc1Br. The first-order chi connectivity index (χ1) is 12.8. The fourth-order valence-electron chi connectivity index (χ4n) is 2.39. The van der Waals surface area contributed by atoms with Crippen molar-refractivity contribution in [1.29, 1.82) is 0 Å². The molecule has 0 spiro atoms. The third kappa shape index (κ3) is 5.15. The molecule has 1 aromatic heterocycles. The zero-order valence-corrected chi connectivity index (χ0v) is 18.7. The van der Waals surface area contributed by atoms with Gasteiger partial charge < -0.3 is 10.6 Å². The molecule has 0 saturated carbocycles. The van der Waals surface area contributed by atoms with Crippen LogP contribution in [0.4, 0.5) is 11.5 Å². The van der Waals surface area contributed by atoms with E-state index in [4.69, 9.17) is 47.0 Å². The van der Waals surface area contributed by atoms with Crippen LogP contribution in [0.1, 0.15) is 11.1 Å². The van der Waals surface area contributed by atoms with Crippen molar-refractivity contribution >= 4 is 79.6 Å². The molecule has 0 radical (unpaired) electrons. The summed E-state index contributed by atoms with van der Waals surface area (Å²) in [5.41, 5.74) is 2.67. The van der Waals surface area contributed by atoms with E-state index < -0.39 is 0 Å². The molecule has 0 saturated heterocycles. The zero-order chi connectivity index (χ0) is 19.6. The molecule has 0 unspecified atom stereocenters. The third-order valence-electron chi connectivity index (χ3n) is 3.81. The Kier molecular flexibility index (Phi) is 6.65. The van der Waals surface area contributed by atoms with E-state index in [0.717, 1.165) is 21.3 Å². The van der Waals surface area contributed by atoms with Gasteiger partial charge >= 0.3 is 0 Å². The van der Waals surface area contributed by atoms with Crippen molar-refractivity contribution in [3.05, 3.63) is 73.3 Å². The van der Waals surface area contributed by atoms with E-state index in [1.165, 1.54) is 0 Å². The highest BCUT2D eigenvalue weighted by Gasteiger charge is 2.11. The summed E-state index contributed by atoms with van der Waals surface area (Å²) in [7, 11) is 0. The van der Waals surface area contributed by atoms with Crippen LogP contribution in [-0.2, 0) is 6.54 Å². The number of nitrogens with zero attached hydrogens (tertiary/aromatic N) is 2.